The minimum atomic E-state index is -0.745. The van der Waals surface area contributed by atoms with Crippen LogP contribution in [0.3, 0.4) is 0 Å². The van der Waals surface area contributed by atoms with Gasteiger partial charge in [-0.3, -0.25) is 4.79 Å². The predicted molar refractivity (Wildman–Crippen MR) is 87.4 cm³/mol. The molecule has 5 nitrogen and oxygen atoms in total. The molecule has 24 heavy (non-hydrogen) atoms. The van der Waals surface area contributed by atoms with Crippen molar-refractivity contribution in [2.75, 3.05) is 5.32 Å². The van der Waals surface area contributed by atoms with Crippen LogP contribution >= 0.6 is 11.3 Å². The molecule has 0 saturated carbocycles. The summed E-state index contributed by atoms with van der Waals surface area (Å²) in [4.78, 5) is 16.1. The van der Waals surface area contributed by atoms with Gasteiger partial charge < -0.3 is 16.2 Å². The highest BCUT2D eigenvalue weighted by Crippen LogP contribution is 2.33. The summed E-state index contributed by atoms with van der Waals surface area (Å²) in [5, 5.41) is 12.8. The number of anilines is 2. The first kappa shape index (κ1) is 15.9. The monoisotopic (exact) mass is 347 g/mol. The van der Waals surface area contributed by atoms with Gasteiger partial charge in [-0.25, -0.2) is 13.8 Å². The highest BCUT2D eigenvalue weighted by Gasteiger charge is 2.12. The summed E-state index contributed by atoms with van der Waals surface area (Å²) in [7, 11) is 0. The van der Waals surface area contributed by atoms with E-state index in [-0.39, 0.29) is 17.0 Å². The van der Waals surface area contributed by atoms with Gasteiger partial charge in [0.2, 0.25) is 0 Å². The molecule has 1 amide bonds. The van der Waals surface area contributed by atoms with Crippen LogP contribution in [-0.4, -0.2) is 16.0 Å². The van der Waals surface area contributed by atoms with E-state index >= 15 is 0 Å². The largest absolute Gasteiger partial charge is 0.507 e. The molecule has 2 aromatic carbocycles. The lowest BCUT2D eigenvalue weighted by Gasteiger charge is -2.04. The third-order valence-electron chi connectivity index (χ3n) is 3.22. The number of benzene rings is 2. The van der Waals surface area contributed by atoms with E-state index in [2.05, 4.69) is 10.3 Å². The van der Waals surface area contributed by atoms with Gasteiger partial charge in [-0.05, 0) is 35.9 Å². The van der Waals surface area contributed by atoms with E-state index in [4.69, 9.17) is 5.73 Å². The van der Waals surface area contributed by atoms with Gasteiger partial charge in [0.05, 0.1) is 16.1 Å². The lowest BCUT2D eigenvalue weighted by atomic mass is 10.1. The summed E-state index contributed by atoms with van der Waals surface area (Å²) < 4.78 is 26.6. The number of nitrogens with zero attached hydrogens (tertiary/aromatic N) is 1. The van der Waals surface area contributed by atoms with Gasteiger partial charge in [0.15, 0.2) is 5.13 Å². The second-order valence-electron chi connectivity index (χ2n) is 4.88. The number of phenols is 1. The van der Waals surface area contributed by atoms with E-state index in [1.807, 2.05) is 0 Å². The summed E-state index contributed by atoms with van der Waals surface area (Å²) in [5.74, 6) is -2.35. The molecule has 0 fully saturated rings. The zero-order valence-corrected chi connectivity index (χ0v) is 12.9. The highest BCUT2D eigenvalue weighted by molar-refractivity contribution is 7.18. The fourth-order valence-corrected chi connectivity index (χ4v) is 2.88. The Bertz CT molecular complexity index is 927. The Hall–Kier alpha value is -3.00. The first-order chi connectivity index (χ1) is 11.4. The van der Waals surface area contributed by atoms with E-state index in [0.29, 0.717) is 15.6 Å². The lowest BCUT2D eigenvalue weighted by molar-refractivity contribution is 0.0998. The number of halogens is 2. The molecule has 0 aliphatic rings. The Kier molecular flexibility index (Phi) is 4.13. The first-order valence-electron chi connectivity index (χ1n) is 6.75. The number of thiazole rings is 1. The average Bonchev–Trinajstić information content (AvgIpc) is 2.99. The summed E-state index contributed by atoms with van der Waals surface area (Å²) in [6, 6.07) is 7.61. The molecule has 0 radical (unpaired) electrons. The van der Waals surface area contributed by atoms with Gasteiger partial charge in [0, 0.05) is 12.3 Å². The van der Waals surface area contributed by atoms with Crippen LogP contribution in [-0.2, 0) is 0 Å². The molecular weight excluding hydrogens is 336 g/mol. The predicted octanol–water partition coefficient (Wildman–Crippen LogP) is 3.64. The van der Waals surface area contributed by atoms with Crippen LogP contribution in [0.25, 0.3) is 10.4 Å². The van der Waals surface area contributed by atoms with Gasteiger partial charge in [-0.15, -0.1) is 0 Å². The van der Waals surface area contributed by atoms with Crippen LogP contribution in [0.1, 0.15) is 10.4 Å². The summed E-state index contributed by atoms with van der Waals surface area (Å²) in [5.41, 5.74) is 5.93. The molecule has 3 rings (SSSR count). The normalized spacial score (nSPS) is 10.6. The molecule has 0 unspecified atom stereocenters. The minimum Gasteiger partial charge on any atom is -0.507 e. The number of hydrogen-bond acceptors (Lipinski definition) is 5. The van der Waals surface area contributed by atoms with Crippen molar-refractivity contribution in [3.05, 3.63) is 59.8 Å². The number of nitrogens with two attached hydrogens (primary N) is 1. The number of amides is 1. The Morgan fingerprint density at radius 2 is 2.00 bits per heavy atom. The van der Waals surface area contributed by atoms with Crippen molar-refractivity contribution in [2.45, 2.75) is 0 Å². The SMILES string of the molecule is NC(=O)c1cc(-c2cnc(Nc3ccc(F)cc3F)s2)ccc1O. The van der Waals surface area contributed by atoms with Crippen LogP contribution in [0.4, 0.5) is 19.6 Å². The van der Waals surface area contributed by atoms with Crippen molar-refractivity contribution in [1.82, 2.24) is 4.98 Å². The third kappa shape index (κ3) is 3.18. The zero-order valence-electron chi connectivity index (χ0n) is 12.1. The number of primary amides is 1. The van der Waals surface area contributed by atoms with Crippen LogP contribution in [0, 0.1) is 11.6 Å². The Balaban J connectivity index is 1.88. The third-order valence-corrected chi connectivity index (χ3v) is 4.19. The molecule has 0 aliphatic heterocycles. The van der Waals surface area contributed by atoms with Crippen LogP contribution in [0.15, 0.2) is 42.6 Å². The fraction of sp³-hybridized carbons (Fsp3) is 0. The number of carbonyl (C=O) groups excluding carboxylic acids is 1. The van der Waals surface area contributed by atoms with E-state index < -0.39 is 17.5 Å². The molecular formula is C16H11F2N3O2S. The van der Waals surface area contributed by atoms with Crippen molar-refractivity contribution in [3.63, 3.8) is 0 Å². The van der Waals surface area contributed by atoms with Crippen molar-refractivity contribution in [1.29, 1.82) is 0 Å². The van der Waals surface area contributed by atoms with Gasteiger partial charge in [0.25, 0.3) is 5.91 Å². The fourth-order valence-electron chi connectivity index (χ4n) is 2.06. The van der Waals surface area contributed by atoms with Gasteiger partial charge in [0.1, 0.15) is 17.4 Å². The zero-order chi connectivity index (χ0) is 17.3. The molecule has 0 atom stereocenters. The van der Waals surface area contributed by atoms with E-state index in [1.54, 1.807) is 6.07 Å². The highest BCUT2D eigenvalue weighted by atomic mass is 32.1. The van der Waals surface area contributed by atoms with Gasteiger partial charge in [-0.1, -0.05) is 11.3 Å². The van der Waals surface area contributed by atoms with E-state index in [9.17, 15) is 18.7 Å². The molecule has 0 bridgehead atoms. The second kappa shape index (κ2) is 6.25. The van der Waals surface area contributed by atoms with Gasteiger partial charge in [-0.2, -0.15) is 0 Å². The quantitative estimate of drug-likeness (QED) is 0.672. The van der Waals surface area contributed by atoms with E-state index in [1.165, 1.54) is 35.7 Å². The Morgan fingerprint density at radius 3 is 2.71 bits per heavy atom. The molecule has 1 aromatic heterocycles. The maximum Gasteiger partial charge on any atom is 0.252 e. The topological polar surface area (TPSA) is 88.2 Å². The Labute approximate surface area is 139 Å². The molecule has 0 saturated heterocycles. The molecule has 0 aliphatic carbocycles. The first-order valence-corrected chi connectivity index (χ1v) is 7.57. The molecule has 8 heteroatoms. The maximum absolute atomic E-state index is 13.6. The van der Waals surface area contributed by atoms with Crippen molar-refractivity contribution in [3.8, 4) is 16.2 Å². The summed E-state index contributed by atoms with van der Waals surface area (Å²) in [6.45, 7) is 0. The summed E-state index contributed by atoms with van der Waals surface area (Å²) in [6.07, 6.45) is 1.53. The number of aromatic nitrogens is 1. The number of aromatic hydroxyl groups is 1. The van der Waals surface area contributed by atoms with Crippen molar-refractivity contribution in [2.24, 2.45) is 5.73 Å². The minimum absolute atomic E-state index is 0.0000109. The molecule has 122 valence electrons. The smallest absolute Gasteiger partial charge is 0.252 e. The maximum atomic E-state index is 13.6. The van der Waals surface area contributed by atoms with Crippen molar-refractivity contribution < 1.29 is 18.7 Å². The van der Waals surface area contributed by atoms with Crippen molar-refractivity contribution >= 4 is 28.1 Å². The average molecular weight is 347 g/mol. The van der Waals surface area contributed by atoms with Crippen LogP contribution in [0.5, 0.6) is 5.75 Å². The van der Waals surface area contributed by atoms with Crippen LogP contribution in [0.2, 0.25) is 0 Å². The number of nitrogens with one attached hydrogen (secondary N) is 1. The molecule has 0 spiro atoms. The molecule has 1 heterocycles. The Morgan fingerprint density at radius 1 is 1.21 bits per heavy atom. The number of carbonyl (C=O) groups is 1. The van der Waals surface area contributed by atoms with E-state index in [0.717, 1.165) is 12.1 Å². The second-order valence-corrected chi connectivity index (χ2v) is 5.91. The van der Waals surface area contributed by atoms with Gasteiger partial charge >= 0.3 is 0 Å². The lowest BCUT2D eigenvalue weighted by Crippen LogP contribution is -2.11. The van der Waals surface area contributed by atoms with Crippen LogP contribution < -0.4 is 11.1 Å². The standard InChI is InChI=1S/C16H11F2N3O2S/c17-9-2-3-12(11(18)6-9)21-16-20-7-14(24-16)8-1-4-13(22)10(5-8)15(19)23/h1-7,22H,(H2,19,23)(H,20,21). The summed E-state index contributed by atoms with van der Waals surface area (Å²) >= 11 is 1.20. The number of rotatable bonds is 4. The molecule has 4 N–H and O–H groups in total. The molecule has 3 aromatic rings. The number of hydrogen-bond donors (Lipinski definition) is 3.